The number of alkyl carbamates (subject to hydrolysis) is 1. The molecule has 0 aliphatic carbocycles. The number of amides is 2. The van der Waals surface area contributed by atoms with Crippen molar-refractivity contribution < 1.29 is 14.3 Å². The van der Waals surface area contributed by atoms with E-state index >= 15 is 0 Å². The normalized spacial score (nSPS) is 12.7. The number of thiocarbonyl (C=S) groups is 1. The molecule has 3 N–H and O–H groups in total. The van der Waals surface area contributed by atoms with Crippen molar-refractivity contribution in [3.05, 3.63) is 29.3 Å². The minimum atomic E-state index is -0.606. The molecule has 1 heterocycles. The van der Waals surface area contributed by atoms with Crippen LogP contribution in [-0.2, 0) is 16.0 Å². The number of carbonyl (C=O) groups excluding carboxylic acids is 2. The Bertz CT molecular complexity index is 685. The molecule has 2 rings (SSSR count). The van der Waals surface area contributed by atoms with Gasteiger partial charge < -0.3 is 10.5 Å². The molecule has 0 saturated heterocycles. The Hall–Kier alpha value is -2.66. The first-order valence-electron chi connectivity index (χ1n) is 7.89. The Labute approximate surface area is 152 Å². The van der Waals surface area contributed by atoms with E-state index in [4.69, 9.17) is 11.0 Å². The van der Waals surface area contributed by atoms with Gasteiger partial charge in [0.2, 0.25) is 5.91 Å². The number of nitrogens with one attached hydrogen (secondary N) is 1. The Kier molecular flexibility index (Phi) is 8.36. The molecule has 1 aliphatic heterocycles. The highest BCUT2D eigenvalue weighted by molar-refractivity contribution is 7.80. The van der Waals surface area contributed by atoms with Gasteiger partial charge in [0.05, 0.1) is 12.7 Å². The number of fused-ring (bicyclic) bond motifs is 1. The fourth-order valence-corrected chi connectivity index (χ4v) is 2.43. The van der Waals surface area contributed by atoms with Crippen LogP contribution in [0.3, 0.4) is 0 Å². The summed E-state index contributed by atoms with van der Waals surface area (Å²) in [5.41, 5.74) is 8.16. The third kappa shape index (κ3) is 6.77. The van der Waals surface area contributed by atoms with E-state index in [0.717, 1.165) is 24.1 Å². The number of aryl methyl sites for hydroxylation is 2. The second-order valence-corrected chi connectivity index (χ2v) is 5.77. The molecule has 1 aliphatic rings. The predicted octanol–water partition coefficient (Wildman–Crippen LogP) is 2.16. The van der Waals surface area contributed by atoms with Gasteiger partial charge >= 0.3 is 6.09 Å². The van der Waals surface area contributed by atoms with Crippen molar-refractivity contribution >= 4 is 35.0 Å². The van der Waals surface area contributed by atoms with E-state index in [1.165, 1.54) is 5.56 Å². The highest BCUT2D eigenvalue weighted by Gasteiger charge is 2.21. The zero-order valence-electron chi connectivity index (χ0n) is 14.4. The fourth-order valence-electron chi connectivity index (χ4n) is 2.35. The average molecular weight is 362 g/mol. The quantitative estimate of drug-likeness (QED) is 0.616. The largest absolute Gasteiger partial charge is 0.450 e. The number of hydrogen-bond donors (Lipinski definition) is 2. The van der Waals surface area contributed by atoms with Crippen LogP contribution in [0.1, 0.15) is 30.9 Å². The van der Waals surface area contributed by atoms with Gasteiger partial charge in [0.1, 0.15) is 6.54 Å². The van der Waals surface area contributed by atoms with Crippen LogP contribution in [0.2, 0.25) is 0 Å². The van der Waals surface area contributed by atoms with Gasteiger partial charge in [-0.15, -0.1) is 0 Å². The van der Waals surface area contributed by atoms with Crippen molar-refractivity contribution in [1.82, 2.24) is 5.32 Å². The van der Waals surface area contributed by atoms with E-state index in [0.29, 0.717) is 13.0 Å². The van der Waals surface area contributed by atoms with Crippen molar-refractivity contribution in [2.75, 3.05) is 18.1 Å². The van der Waals surface area contributed by atoms with Gasteiger partial charge in [-0.05, 0) is 56.1 Å². The number of rotatable bonds is 2. The number of carbonyl (C=O) groups is 2. The number of nitrogens with zero attached hydrogens (tertiary/aromatic N) is 2. The SMILES string of the molecule is CCOC(=O)NC(N)=S.Cc1ccc2c(c1)N(CC#N)C(=O)CCC2. The summed E-state index contributed by atoms with van der Waals surface area (Å²) in [6.45, 7) is 4.16. The molecule has 8 heteroatoms. The van der Waals surface area contributed by atoms with E-state index in [1.807, 2.05) is 13.0 Å². The molecule has 0 fully saturated rings. The predicted molar refractivity (Wildman–Crippen MR) is 99.0 cm³/mol. The average Bonchev–Trinajstić information content (AvgIpc) is 2.68. The maximum atomic E-state index is 11.9. The number of ether oxygens (including phenoxy) is 1. The molecule has 2 amide bonds. The van der Waals surface area contributed by atoms with Crippen LogP contribution in [0.5, 0.6) is 0 Å². The number of anilines is 1. The van der Waals surface area contributed by atoms with E-state index in [1.54, 1.807) is 11.8 Å². The summed E-state index contributed by atoms with van der Waals surface area (Å²) in [7, 11) is 0. The highest BCUT2D eigenvalue weighted by atomic mass is 32.1. The van der Waals surface area contributed by atoms with E-state index in [9.17, 15) is 9.59 Å². The molecule has 1 aromatic carbocycles. The topological polar surface area (TPSA) is 108 Å². The van der Waals surface area contributed by atoms with Gasteiger partial charge in [0, 0.05) is 12.1 Å². The first-order chi connectivity index (χ1) is 11.9. The molecule has 0 spiro atoms. The van der Waals surface area contributed by atoms with Crippen molar-refractivity contribution in [3.63, 3.8) is 0 Å². The molecule has 0 aromatic heterocycles. The second-order valence-electron chi connectivity index (χ2n) is 5.33. The maximum Gasteiger partial charge on any atom is 0.413 e. The number of hydrogen-bond acceptors (Lipinski definition) is 5. The lowest BCUT2D eigenvalue weighted by Crippen LogP contribution is -2.35. The Morgan fingerprint density at radius 3 is 2.80 bits per heavy atom. The van der Waals surface area contributed by atoms with E-state index in [-0.39, 0.29) is 17.6 Å². The smallest absolute Gasteiger partial charge is 0.413 e. The molecule has 0 saturated carbocycles. The molecule has 0 unspecified atom stereocenters. The van der Waals surface area contributed by atoms with Crippen molar-refractivity contribution in [2.24, 2.45) is 5.73 Å². The number of nitrogens with two attached hydrogens (primary N) is 1. The van der Waals surface area contributed by atoms with Crippen LogP contribution in [0, 0.1) is 18.3 Å². The van der Waals surface area contributed by atoms with Crippen molar-refractivity contribution in [1.29, 1.82) is 5.26 Å². The Morgan fingerprint density at radius 2 is 2.20 bits per heavy atom. The van der Waals surface area contributed by atoms with Crippen molar-refractivity contribution in [3.8, 4) is 6.07 Å². The summed E-state index contributed by atoms with van der Waals surface area (Å²) in [5, 5.41) is 10.8. The second kappa shape index (κ2) is 10.3. The first-order valence-corrected chi connectivity index (χ1v) is 8.29. The van der Waals surface area contributed by atoms with Gasteiger partial charge in [-0.3, -0.25) is 15.0 Å². The molecule has 1 aromatic rings. The fraction of sp³-hybridized carbons (Fsp3) is 0.412. The van der Waals surface area contributed by atoms with Gasteiger partial charge in [0.15, 0.2) is 5.11 Å². The number of benzene rings is 1. The molecular formula is C17H22N4O3S. The Balaban J connectivity index is 0.000000299. The lowest BCUT2D eigenvalue weighted by molar-refractivity contribution is -0.118. The summed E-state index contributed by atoms with van der Waals surface area (Å²) in [6.07, 6.45) is 1.72. The number of nitriles is 1. The van der Waals surface area contributed by atoms with Gasteiger partial charge in [-0.25, -0.2) is 4.79 Å². The minimum absolute atomic E-state index is 0.0610. The summed E-state index contributed by atoms with van der Waals surface area (Å²) in [4.78, 5) is 23.8. The highest BCUT2D eigenvalue weighted by Crippen LogP contribution is 2.27. The molecule has 0 bridgehead atoms. The van der Waals surface area contributed by atoms with Gasteiger partial charge in [-0.2, -0.15) is 5.26 Å². The maximum absolute atomic E-state index is 11.9. The zero-order chi connectivity index (χ0) is 18.8. The third-order valence-electron chi connectivity index (χ3n) is 3.40. The monoisotopic (exact) mass is 362 g/mol. The van der Waals surface area contributed by atoms with Gasteiger partial charge in [-0.1, -0.05) is 12.1 Å². The van der Waals surface area contributed by atoms with Gasteiger partial charge in [0.25, 0.3) is 0 Å². The standard InChI is InChI=1S/C13H14N2O.C4H8N2O2S/c1-10-5-6-11-3-2-4-13(16)15(8-7-14)12(11)9-10;1-2-8-4(7)6-3(5)9/h5-6,9H,2-4,8H2,1H3;2H2,1H3,(H3,5,6,7,9). The first kappa shape index (κ1) is 20.4. The molecule has 134 valence electrons. The van der Waals surface area contributed by atoms with E-state index in [2.05, 4.69) is 40.5 Å². The van der Waals surface area contributed by atoms with E-state index < -0.39 is 6.09 Å². The molecule has 0 atom stereocenters. The minimum Gasteiger partial charge on any atom is -0.450 e. The van der Waals surface area contributed by atoms with Crippen LogP contribution in [0.4, 0.5) is 10.5 Å². The summed E-state index contributed by atoms with van der Waals surface area (Å²) in [6, 6.07) is 8.17. The van der Waals surface area contributed by atoms with Crippen LogP contribution in [0.15, 0.2) is 18.2 Å². The third-order valence-corrected chi connectivity index (χ3v) is 3.50. The molecular weight excluding hydrogens is 340 g/mol. The Morgan fingerprint density at radius 1 is 1.48 bits per heavy atom. The lowest BCUT2D eigenvalue weighted by Gasteiger charge is -2.20. The summed E-state index contributed by atoms with van der Waals surface area (Å²) in [5.74, 6) is 0.0610. The zero-order valence-corrected chi connectivity index (χ0v) is 15.2. The molecule has 0 radical (unpaired) electrons. The molecule has 7 nitrogen and oxygen atoms in total. The molecule has 25 heavy (non-hydrogen) atoms. The summed E-state index contributed by atoms with van der Waals surface area (Å²) < 4.78 is 4.44. The van der Waals surface area contributed by atoms with Crippen LogP contribution < -0.4 is 16.0 Å². The van der Waals surface area contributed by atoms with Crippen LogP contribution in [0.25, 0.3) is 0 Å². The van der Waals surface area contributed by atoms with Crippen molar-refractivity contribution in [2.45, 2.75) is 33.1 Å². The van der Waals surface area contributed by atoms with Crippen LogP contribution in [-0.4, -0.2) is 30.3 Å². The lowest BCUT2D eigenvalue weighted by atomic mass is 10.1. The van der Waals surface area contributed by atoms with Crippen LogP contribution >= 0.6 is 12.2 Å². The summed E-state index contributed by atoms with van der Waals surface area (Å²) >= 11 is 4.35.